The Balaban J connectivity index is 0. The van der Waals surface area contributed by atoms with Crippen molar-refractivity contribution in [2.24, 2.45) is 5.92 Å². The van der Waals surface area contributed by atoms with Crippen LogP contribution >= 0.6 is 37.2 Å². The van der Waals surface area contributed by atoms with Gasteiger partial charge >= 0.3 is 0 Å². The number of nitrogens with zero attached hydrogens (tertiary/aromatic N) is 11. The summed E-state index contributed by atoms with van der Waals surface area (Å²) < 4.78 is 0. The van der Waals surface area contributed by atoms with Gasteiger partial charge in [0.1, 0.15) is 48.3 Å². The molecule has 0 aliphatic rings. The van der Waals surface area contributed by atoms with Crippen LogP contribution in [0.5, 0.6) is 0 Å². The topological polar surface area (TPSA) is 229 Å². The van der Waals surface area contributed by atoms with Crippen molar-refractivity contribution in [3.05, 3.63) is 12.1 Å². The van der Waals surface area contributed by atoms with E-state index in [1.54, 1.807) is 25.8 Å². The Labute approximate surface area is 433 Å². The Morgan fingerprint density at radius 1 is 0.391 bits per heavy atom. The summed E-state index contributed by atoms with van der Waals surface area (Å²) in [6.45, 7) is 17.4. The highest BCUT2D eigenvalue weighted by atomic mass is 128. The molecule has 10 amide bonds. The largest absolute Gasteiger partial charge is 0.859 e. The van der Waals surface area contributed by atoms with Crippen LogP contribution in [0, 0.1) is 5.92 Å². The lowest BCUT2D eigenvalue weighted by molar-refractivity contribution is -0.332. The standard InChI is InChI=1S/C45H81N11O11.I2/c1-23-46(12)37(59)26(2)24-47(13)36(58)25-48(14)38(60)27(3)50(16)40(62)29(5)52(18)42(64)31(7)54(20)44(66)33(9)56(22)45(67)34(10)55(21)43(65)32(8)53(19)41(63)30(6)51(17)39(61)28(4)49(15)35(11)57;1-2/h25-34,58H,23-24H2,1-22H3;/p-1/t26-,27-,28-,29?,30-,31-,32+,33-,34-;/m1./s1. The van der Waals surface area contributed by atoms with Gasteiger partial charge in [-0.15, -0.1) is 0 Å². The Bertz CT molecular complexity index is 1880. The molecule has 0 heterocycles. The summed E-state index contributed by atoms with van der Waals surface area (Å²) in [6.07, 6.45) is 1.08. The monoisotopic (exact) mass is 1200 g/mol. The molecule has 396 valence electrons. The minimum absolute atomic E-state index is 0.122. The van der Waals surface area contributed by atoms with Crippen LogP contribution in [0.15, 0.2) is 12.1 Å². The first-order valence-corrected chi connectivity index (χ1v) is 28.7. The fourth-order valence-electron chi connectivity index (χ4n) is 6.73. The Hall–Kier alpha value is -4.50. The van der Waals surface area contributed by atoms with E-state index in [0.717, 1.165) is 35.6 Å². The van der Waals surface area contributed by atoms with Crippen LogP contribution in [0.4, 0.5) is 0 Å². The molecule has 0 aromatic heterocycles. The van der Waals surface area contributed by atoms with E-state index in [1.165, 1.54) is 145 Å². The van der Waals surface area contributed by atoms with E-state index in [2.05, 4.69) is 37.2 Å². The molecular formula is C45H80I2N11O11-. The fraction of sp³-hybridized carbons (Fsp3) is 0.733. The second-order valence-electron chi connectivity index (χ2n) is 17.7. The molecule has 0 aliphatic carbocycles. The van der Waals surface area contributed by atoms with E-state index in [-0.39, 0.29) is 18.4 Å². The molecule has 9 atom stereocenters. The molecule has 0 saturated carbocycles. The van der Waals surface area contributed by atoms with Crippen molar-refractivity contribution < 1.29 is 53.1 Å². The van der Waals surface area contributed by atoms with Gasteiger partial charge in [-0.05, 0) is 68.2 Å². The summed E-state index contributed by atoms with van der Waals surface area (Å²) in [4.78, 5) is 146. The van der Waals surface area contributed by atoms with Gasteiger partial charge in [-0.3, -0.25) is 47.9 Å². The zero-order valence-electron chi connectivity index (χ0n) is 44.9. The number of likely N-dealkylation sites (N-methyl/N-ethyl adjacent to an activating group) is 9. The zero-order valence-corrected chi connectivity index (χ0v) is 49.2. The number of hydrogen-bond donors (Lipinski definition) is 0. The van der Waals surface area contributed by atoms with Crippen molar-refractivity contribution in [1.29, 1.82) is 0 Å². The fourth-order valence-corrected chi connectivity index (χ4v) is 6.73. The van der Waals surface area contributed by atoms with Crippen LogP contribution in [0.25, 0.3) is 0 Å². The van der Waals surface area contributed by atoms with Gasteiger partial charge in [0.05, 0.1) is 5.92 Å². The van der Waals surface area contributed by atoms with Gasteiger partial charge in [0.25, 0.3) is 0 Å². The van der Waals surface area contributed by atoms with Crippen molar-refractivity contribution >= 4 is 96.3 Å². The number of rotatable bonds is 22. The van der Waals surface area contributed by atoms with Crippen LogP contribution in [0.1, 0.15) is 76.2 Å². The predicted molar refractivity (Wildman–Crippen MR) is 278 cm³/mol. The van der Waals surface area contributed by atoms with E-state index in [9.17, 15) is 53.1 Å². The van der Waals surface area contributed by atoms with Gasteiger partial charge in [-0.2, -0.15) is 0 Å². The van der Waals surface area contributed by atoms with Crippen molar-refractivity contribution in [2.45, 2.75) is 124 Å². The normalized spacial score (nSPS) is 15.0. The molecule has 22 nitrogen and oxygen atoms in total. The van der Waals surface area contributed by atoms with Gasteiger partial charge in [0.15, 0.2) is 0 Å². The molecule has 1 unspecified atom stereocenters. The quantitative estimate of drug-likeness (QED) is 0.105. The molecule has 69 heavy (non-hydrogen) atoms. The van der Waals surface area contributed by atoms with E-state index in [1.807, 2.05) is 6.92 Å². The Morgan fingerprint density at radius 3 is 0.826 bits per heavy atom. The van der Waals surface area contributed by atoms with E-state index < -0.39 is 107 Å². The average molecular weight is 1210 g/mol. The summed E-state index contributed by atoms with van der Waals surface area (Å²) in [7, 11) is 15.8. The van der Waals surface area contributed by atoms with E-state index in [4.69, 9.17) is 0 Å². The smallest absolute Gasteiger partial charge is 0.248 e. The van der Waals surface area contributed by atoms with Crippen LogP contribution < -0.4 is 5.11 Å². The lowest BCUT2D eigenvalue weighted by Gasteiger charge is -2.37. The number of halogens is 2. The highest BCUT2D eigenvalue weighted by molar-refractivity contribution is 15.0. The molecule has 0 radical (unpaired) electrons. The maximum atomic E-state index is 13.7. The Morgan fingerprint density at radius 2 is 0.609 bits per heavy atom. The Kier molecular flexibility index (Phi) is 28.6. The molecule has 0 saturated heterocycles. The number of carbonyl (C=O) groups is 10. The van der Waals surface area contributed by atoms with Crippen molar-refractivity contribution in [3.8, 4) is 0 Å². The SMILES string of the molecule is CCN(C)C(=O)[C@H](C)CN(C)C([O-])=CN(C)C(=O)[C@@H](C)N(C)C(=O)C(C)N(C)C(=O)[C@@H](C)N(C)C(=O)[C@@H](C)N(C)C(=O)[C@@H](C)N(C)C(=O)[C@H](C)N(C)C(=O)[C@@H](C)N(C)C(=O)[C@@H](C)N(C)C(C)=O.II. The highest BCUT2D eigenvalue weighted by Crippen LogP contribution is 2.16. The van der Waals surface area contributed by atoms with Crippen molar-refractivity contribution in [2.75, 3.05) is 90.6 Å². The minimum Gasteiger partial charge on any atom is -0.859 e. The third-order valence-electron chi connectivity index (χ3n) is 13.3. The van der Waals surface area contributed by atoms with E-state index >= 15 is 0 Å². The van der Waals surface area contributed by atoms with Gasteiger partial charge in [-0.1, -0.05) is 6.92 Å². The average Bonchev–Trinajstić information content (AvgIpc) is 3.34. The van der Waals surface area contributed by atoms with Crippen LogP contribution in [-0.2, 0) is 47.9 Å². The second kappa shape index (κ2) is 29.6. The van der Waals surface area contributed by atoms with Crippen molar-refractivity contribution in [3.63, 3.8) is 0 Å². The molecule has 0 fully saturated rings. The summed E-state index contributed by atoms with van der Waals surface area (Å²) in [6, 6.07) is -8.38. The predicted octanol–water partition coefficient (Wildman–Crippen LogP) is 0.217. The number of hydrogen-bond acceptors (Lipinski definition) is 12. The lowest BCUT2D eigenvalue weighted by Crippen LogP contribution is -2.59. The molecule has 24 heteroatoms. The van der Waals surface area contributed by atoms with Gasteiger partial charge < -0.3 is 59.0 Å². The molecule has 0 N–H and O–H groups in total. The first-order chi connectivity index (χ1) is 31.6. The molecule has 0 rings (SSSR count). The third kappa shape index (κ3) is 17.4. The first-order valence-electron chi connectivity index (χ1n) is 22.4. The molecule has 0 aromatic carbocycles. The van der Waals surface area contributed by atoms with E-state index in [0.29, 0.717) is 6.54 Å². The molecule has 0 bridgehead atoms. The molecule has 0 aliphatic heterocycles. The van der Waals surface area contributed by atoms with Crippen LogP contribution in [-0.4, -0.2) is 252 Å². The summed E-state index contributed by atoms with van der Waals surface area (Å²) in [5.41, 5.74) is 0. The zero-order chi connectivity index (χ0) is 55.0. The maximum Gasteiger partial charge on any atom is 0.248 e. The highest BCUT2D eigenvalue weighted by Gasteiger charge is 2.39. The van der Waals surface area contributed by atoms with Gasteiger partial charge in [-0.25, -0.2) is 0 Å². The second-order valence-corrected chi connectivity index (χ2v) is 17.7. The minimum atomic E-state index is -1.12. The summed E-state index contributed by atoms with van der Waals surface area (Å²) in [5, 5.41) is 12.9. The van der Waals surface area contributed by atoms with Crippen LogP contribution in [0.3, 0.4) is 0 Å². The van der Waals surface area contributed by atoms with Gasteiger partial charge in [0, 0.05) is 141 Å². The number of carbonyl (C=O) groups excluding carboxylic acids is 10. The lowest BCUT2D eigenvalue weighted by atomic mass is 10.1. The third-order valence-corrected chi connectivity index (χ3v) is 13.3. The first kappa shape index (κ1) is 66.6. The summed E-state index contributed by atoms with van der Waals surface area (Å²) in [5.74, 6) is -6.11. The van der Waals surface area contributed by atoms with Gasteiger partial charge in [0.2, 0.25) is 59.1 Å². The van der Waals surface area contributed by atoms with Crippen LogP contribution in [0.2, 0.25) is 0 Å². The number of amides is 10. The summed E-state index contributed by atoms with van der Waals surface area (Å²) >= 11 is 4.24. The molecule has 0 aromatic rings. The molecular weight excluding hydrogens is 1120 g/mol. The van der Waals surface area contributed by atoms with Crippen molar-refractivity contribution in [1.82, 2.24) is 53.9 Å². The molecule has 0 spiro atoms. The maximum absolute atomic E-state index is 13.7.